The van der Waals surface area contributed by atoms with E-state index in [0.717, 1.165) is 61.4 Å². The zero-order valence-corrected chi connectivity index (χ0v) is 22.2. The van der Waals surface area contributed by atoms with E-state index < -0.39 is 0 Å². The first-order valence-corrected chi connectivity index (χ1v) is 13.3. The molecule has 1 aliphatic rings. The van der Waals surface area contributed by atoms with Gasteiger partial charge in [-0.25, -0.2) is 4.98 Å². The molecule has 1 fully saturated rings. The smallest absolute Gasteiger partial charge is 0.157 e. The third-order valence-corrected chi connectivity index (χ3v) is 7.57. The molecule has 39 heavy (non-hydrogen) atoms. The van der Waals surface area contributed by atoms with Crippen LogP contribution in [0.25, 0.3) is 22.8 Å². The molecule has 3 aromatic carbocycles. The molecule has 0 saturated carbocycles. The first-order valence-electron chi connectivity index (χ1n) is 13.3. The minimum absolute atomic E-state index is 0. The van der Waals surface area contributed by atoms with Crippen LogP contribution in [0.3, 0.4) is 0 Å². The summed E-state index contributed by atoms with van der Waals surface area (Å²) in [6.07, 6.45) is 5.24. The first kappa shape index (κ1) is 26.2. The van der Waals surface area contributed by atoms with Gasteiger partial charge in [-0.3, -0.25) is 9.30 Å². The number of piperazine rings is 1. The van der Waals surface area contributed by atoms with Crippen molar-refractivity contribution in [1.29, 1.82) is 5.26 Å². The second kappa shape index (κ2) is 11.5. The summed E-state index contributed by atoms with van der Waals surface area (Å²) >= 11 is 0. The van der Waals surface area contributed by atoms with Crippen molar-refractivity contribution in [2.45, 2.75) is 13.3 Å². The zero-order chi connectivity index (χ0) is 25.9. The molecule has 0 aliphatic carbocycles. The molecule has 6 rings (SSSR count). The molecule has 196 valence electrons. The first-order chi connectivity index (χ1) is 18.7. The molecule has 0 bridgehead atoms. The van der Waals surface area contributed by atoms with Crippen molar-refractivity contribution in [1.82, 2.24) is 14.3 Å². The van der Waals surface area contributed by atoms with Crippen molar-refractivity contribution in [2.75, 3.05) is 37.6 Å². The van der Waals surface area contributed by atoms with Gasteiger partial charge in [0.05, 0.1) is 16.6 Å². The summed E-state index contributed by atoms with van der Waals surface area (Å²) < 4.78 is 2.24. The van der Waals surface area contributed by atoms with E-state index in [1.165, 1.54) is 22.5 Å². The summed E-state index contributed by atoms with van der Waals surface area (Å²) in [6, 6.07) is 31.7. The van der Waals surface area contributed by atoms with E-state index >= 15 is 0 Å². The number of nitriles is 1. The molecule has 0 radical (unpaired) electrons. The molecule has 0 amide bonds. The Morgan fingerprint density at radius 2 is 1.54 bits per heavy atom. The van der Waals surface area contributed by atoms with Crippen molar-refractivity contribution in [2.24, 2.45) is 0 Å². The van der Waals surface area contributed by atoms with E-state index in [-0.39, 0.29) is 5.48 Å². The topological polar surface area (TPSA) is 79.1 Å². The predicted molar refractivity (Wildman–Crippen MR) is 159 cm³/mol. The summed E-state index contributed by atoms with van der Waals surface area (Å²) in [4.78, 5) is 9.94. The van der Waals surface area contributed by atoms with E-state index in [2.05, 4.69) is 106 Å². The summed E-state index contributed by atoms with van der Waals surface area (Å²) in [6.45, 7) is 6.84. The summed E-state index contributed by atoms with van der Waals surface area (Å²) in [5.74, 6) is 1.17. The average Bonchev–Trinajstić information content (AvgIpc) is 3.34. The van der Waals surface area contributed by atoms with Crippen molar-refractivity contribution in [3.05, 3.63) is 119 Å². The van der Waals surface area contributed by atoms with E-state index in [1.54, 1.807) is 0 Å². The molecular formula is C33H33N5O. The van der Waals surface area contributed by atoms with Crippen LogP contribution in [0.5, 0.6) is 0 Å². The lowest BCUT2D eigenvalue weighted by molar-refractivity contribution is 0.283. The van der Waals surface area contributed by atoms with Crippen molar-refractivity contribution < 1.29 is 5.48 Å². The maximum Gasteiger partial charge on any atom is 0.157 e. The van der Waals surface area contributed by atoms with Crippen LogP contribution in [0.1, 0.15) is 27.8 Å². The van der Waals surface area contributed by atoms with Gasteiger partial charge in [0.1, 0.15) is 11.9 Å². The third-order valence-electron chi connectivity index (χ3n) is 7.57. The number of hydrogen-bond donors (Lipinski definition) is 0. The number of benzene rings is 3. The molecule has 1 saturated heterocycles. The van der Waals surface area contributed by atoms with Gasteiger partial charge in [-0.1, -0.05) is 84.9 Å². The van der Waals surface area contributed by atoms with Crippen LogP contribution >= 0.6 is 0 Å². The monoisotopic (exact) mass is 515 g/mol. The summed E-state index contributed by atoms with van der Waals surface area (Å²) in [5.41, 5.74) is 8.12. The molecule has 6 nitrogen and oxygen atoms in total. The quantitative estimate of drug-likeness (QED) is 0.309. The molecule has 2 aromatic heterocycles. The fourth-order valence-electron chi connectivity index (χ4n) is 5.55. The molecule has 3 heterocycles. The average molecular weight is 516 g/mol. The maximum atomic E-state index is 10.2. The van der Waals surface area contributed by atoms with Crippen molar-refractivity contribution >= 4 is 28.6 Å². The number of fused-ring (bicyclic) bond motifs is 3. The number of para-hydroxylation sites is 2. The highest BCUT2D eigenvalue weighted by Crippen LogP contribution is 2.35. The van der Waals surface area contributed by atoms with E-state index in [0.29, 0.717) is 5.56 Å². The van der Waals surface area contributed by atoms with Gasteiger partial charge < -0.3 is 10.4 Å². The molecule has 0 atom stereocenters. The van der Waals surface area contributed by atoms with Crippen LogP contribution in [0.15, 0.2) is 91.0 Å². The summed E-state index contributed by atoms with van der Waals surface area (Å²) in [5, 5.41) is 10.2. The molecule has 5 aromatic rings. The van der Waals surface area contributed by atoms with Gasteiger partial charge in [-0.2, -0.15) is 5.26 Å². The molecular weight excluding hydrogens is 482 g/mol. The fraction of sp³-hybridized carbons (Fsp3) is 0.212. The van der Waals surface area contributed by atoms with Crippen LogP contribution < -0.4 is 4.90 Å². The van der Waals surface area contributed by atoms with Gasteiger partial charge in [-0.15, -0.1) is 0 Å². The standard InChI is InChI=1S/C33H31N5.H2O/c1-25-28(23-27-13-6-3-7-14-27)33(38-31-17-9-8-16-30(31)35-32(38)29(25)24-34)37-21-19-36(20-22-37)18-10-15-26-11-4-2-5-12-26;/h2-17H,18-23H2,1H3;1H2/b15-10+;. The SMILES string of the molecule is Cc1c(Cc2ccccc2)c(N2CCN(C/C=C/c3ccccc3)CC2)n2c(nc3ccccc32)c1C#N.O. The lowest BCUT2D eigenvalue weighted by Gasteiger charge is -2.37. The molecule has 2 N–H and O–H groups in total. The third kappa shape index (κ3) is 5.15. The van der Waals surface area contributed by atoms with Crippen LogP contribution in [-0.4, -0.2) is 52.5 Å². The van der Waals surface area contributed by atoms with E-state index in [9.17, 15) is 5.26 Å². The zero-order valence-electron chi connectivity index (χ0n) is 22.2. The van der Waals surface area contributed by atoms with Gasteiger partial charge in [0.15, 0.2) is 5.65 Å². The number of hydrogen-bond acceptors (Lipinski definition) is 4. The lowest BCUT2D eigenvalue weighted by atomic mass is 9.97. The normalized spacial score (nSPS) is 14.1. The van der Waals surface area contributed by atoms with Gasteiger partial charge in [0.2, 0.25) is 0 Å². The Hall–Kier alpha value is -4.44. The largest absolute Gasteiger partial charge is 0.412 e. The molecule has 6 heteroatoms. The van der Waals surface area contributed by atoms with Crippen LogP contribution in [0.2, 0.25) is 0 Å². The van der Waals surface area contributed by atoms with Crippen LogP contribution in [-0.2, 0) is 6.42 Å². The van der Waals surface area contributed by atoms with Crippen molar-refractivity contribution in [3.8, 4) is 6.07 Å². The van der Waals surface area contributed by atoms with Gasteiger partial charge in [0, 0.05) is 44.7 Å². The molecule has 1 aliphatic heterocycles. The van der Waals surface area contributed by atoms with E-state index in [4.69, 9.17) is 4.98 Å². The number of anilines is 1. The number of rotatable bonds is 6. The highest BCUT2D eigenvalue weighted by Gasteiger charge is 2.26. The minimum Gasteiger partial charge on any atom is -0.412 e. The second-order valence-corrected chi connectivity index (χ2v) is 9.94. The Bertz CT molecular complexity index is 1640. The van der Waals surface area contributed by atoms with Crippen molar-refractivity contribution in [3.63, 3.8) is 0 Å². The van der Waals surface area contributed by atoms with E-state index in [1.807, 2.05) is 18.2 Å². The van der Waals surface area contributed by atoms with Gasteiger partial charge >= 0.3 is 0 Å². The Morgan fingerprint density at radius 3 is 2.26 bits per heavy atom. The lowest BCUT2D eigenvalue weighted by Crippen LogP contribution is -2.47. The molecule has 0 unspecified atom stereocenters. The predicted octanol–water partition coefficient (Wildman–Crippen LogP) is 5.27. The maximum absolute atomic E-state index is 10.2. The number of nitrogens with zero attached hydrogens (tertiary/aromatic N) is 5. The number of pyridine rings is 1. The minimum atomic E-state index is 0. The number of aromatic nitrogens is 2. The highest BCUT2D eigenvalue weighted by molar-refractivity contribution is 5.86. The molecule has 0 spiro atoms. The highest BCUT2D eigenvalue weighted by atomic mass is 16.0. The second-order valence-electron chi connectivity index (χ2n) is 9.94. The van der Waals surface area contributed by atoms with Crippen LogP contribution in [0.4, 0.5) is 5.82 Å². The Morgan fingerprint density at radius 1 is 0.872 bits per heavy atom. The van der Waals surface area contributed by atoms with Crippen LogP contribution in [0, 0.1) is 18.3 Å². The van der Waals surface area contributed by atoms with Gasteiger partial charge in [0.25, 0.3) is 0 Å². The Kier molecular flexibility index (Phi) is 7.74. The summed E-state index contributed by atoms with van der Waals surface area (Å²) in [7, 11) is 0. The van der Waals surface area contributed by atoms with Gasteiger partial charge in [-0.05, 0) is 35.7 Å². The number of imidazole rings is 1. The Balaban J connectivity index is 0.00000308. The Labute approximate surface area is 229 Å². The fourth-order valence-corrected chi connectivity index (χ4v) is 5.55.